The van der Waals surface area contributed by atoms with Gasteiger partial charge in [-0.15, -0.1) is 0 Å². The maximum absolute atomic E-state index is 14.3. The molecule has 0 atom stereocenters. The average Bonchev–Trinajstić information content (AvgIpc) is 3.21. The first-order valence-corrected chi connectivity index (χ1v) is 11.3. The number of rotatable bonds is 6. The number of amides is 2. The molecule has 0 saturated heterocycles. The van der Waals surface area contributed by atoms with E-state index in [4.69, 9.17) is 11.0 Å². The molecule has 4 rings (SSSR count). The monoisotopic (exact) mass is 524 g/mol. The van der Waals surface area contributed by atoms with Crippen LogP contribution in [-0.2, 0) is 12.7 Å². The molecule has 0 saturated carbocycles. The van der Waals surface area contributed by atoms with Crippen LogP contribution in [0.15, 0.2) is 48.5 Å². The highest BCUT2D eigenvalue weighted by Crippen LogP contribution is 2.39. The SMILES string of the molecule is CC(C)c1nn(Cc2ccc(C#N)cc2)c(C(F)(F)F)c1NC(=O)c1cc(C(N)=O)c2ccc(F)cc2n1. The van der Waals surface area contributed by atoms with Crippen LogP contribution in [-0.4, -0.2) is 26.6 Å². The molecule has 194 valence electrons. The van der Waals surface area contributed by atoms with E-state index in [1.54, 1.807) is 13.8 Å². The Morgan fingerprint density at radius 1 is 1.13 bits per heavy atom. The van der Waals surface area contributed by atoms with E-state index in [0.29, 0.717) is 11.1 Å². The summed E-state index contributed by atoms with van der Waals surface area (Å²) in [6.07, 6.45) is -4.91. The topological polar surface area (TPSA) is 127 Å². The Labute approximate surface area is 213 Å². The molecule has 0 bridgehead atoms. The van der Waals surface area contributed by atoms with Crippen LogP contribution in [0.1, 0.15) is 63.1 Å². The van der Waals surface area contributed by atoms with Crippen LogP contribution in [0.3, 0.4) is 0 Å². The Morgan fingerprint density at radius 3 is 2.39 bits per heavy atom. The third-order valence-electron chi connectivity index (χ3n) is 5.72. The molecule has 0 spiro atoms. The van der Waals surface area contributed by atoms with Gasteiger partial charge in [-0.3, -0.25) is 14.3 Å². The molecule has 0 aliphatic carbocycles. The van der Waals surface area contributed by atoms with Crippen LogP contribution in [0.5, 0.6) is 0 Å². The first-order chi connectivity index (χ1) is 17.9. The number of nitrogens with zero attached hydrogens (tertiary/aromatic N) is 4. The van der Waals surface area contributed by atoms with Gasteiger partial charge in [-0.25, -0.2) is 9.37 Å². The van der Waals surface area contributed by atoms with Crippen molar-refractivity contribution in [3.63, 3.8) is 0 Å². The summed E-state index contributed by atoms with van der Waals surface area (Å²) in [6, 6.07) is 12.3. The molecule has 0 aliphatic rings. The van der Waals surface area contributed by atoms with E-state index in [-0.39, 0.29) is 28.7 Å². The van der Waals surface area contributed by atoms with E-state index in [1.165, 1.54) is 30.3 Å². The fraction of sp³-hybridized carbons (Fsp3) is 0.192. The second-order valence-electron chi connectivity index (χ2n) is 8.76. The number of carbonyl (C=O) groups excluding carboxylic acids is 2. The van der Waals surface area contributed by atoms with E-state index in [2.05, 4.69) is 15.4 Å². The number of carbonyl (C=O) groups is 2. The van der Waals surface area contributed by atoms with E-state index in [9.17, 15) is 27.2 Å². The number of halogens is 4. The van der Waals surface area contributed by atoms with Crippen molar-refractivity contribution in [3.05, 3.63) is 88.1 Å². The molecule has 4 aromatic rings. The molecule has 12 heteroatoms. The minimum atomic E-state index is -4.91. The normalized spacial score (nSPS) is 11.5. The van der Waals surface area contributed by atoms with Crippen LogP contribution in [0, 0.1) is 17.1 Å². The van der Waals surface area contributed by atoms with E-state index in [1.807, 2.05) is 6.07 Å². The molecule has 2 heterocycles. The van der Waals surface area contributed by atoms with Crippen molar-refractivity contribution in [2.75, 3.05) is 5.32 Å². The lowest BCUT2D eigenvalue weighted by molar-refractivity contribution is -0.143. The van der Waals surface area contributed by atoms with Crippen LogP contribution in [0.2, 0.25) is 0 Å². The minimum Gasteiger partial charge on any atom is -0.366 e. The zero-order chi connectivity index (χ0) is 27.8. The Kier molecular flexibility index (Phi) is 6.87. The summed E-state index contributed by atoms with van der Waals surface area (Å²) in [5.74, 6) is -3.20. The number of alkyl halides is 3. The molecule has 2 aromatic heterocycles. The lowest BCUT2D eigenvalue weighted by Gasteiger charge is -2.14. The molecule has 2 amide bonds. The van der Waals surface area contributed by atoms with Gasteiger partial charge in [0.2, 0.25) is 5.91 Å². The van der Waals surface area contributed by atoms with E-state index >= 15 is 0 Å². The van der Waals surface area contributed by atoms with Gasteiger partial charge >= 0.3 is 6.18 Å². The number of nitriles is 1. The molecule has 8 nitrogen and oxygen atoms in total. The van der Waals surface area contributed by atoms with E-state index in [0.717, 1.165) is 22.9 Å². The van der Waals surface area contributed by atoms with Crippen molar-refractivity contribution in [1.29, 1.82) is 5.26 Å². The number of anilines is 1. The molecular formula is C26H20F4N6O2. The molecule has 0 radical (unpaired) electrons. The quantitative estimate of drug-likeness (QED) is 0.344. The number of primary amides is 1. The molecule has 0 unspecified atom stereocenters. The standard InChI is InChI=1S/C26H20F4N6O2/c1-13(2)21-22(23(26(28,29)30)36(35-21)12-15-5-3-14(11-31)4-6-15)34-25(38)20-10-18(24(32)37)17-8-7-16(27)9-19(17)33-20/h3-10,13H,12H2,1-2H3,(H2,32,37)(H,34,38). The zero-order valence-corrected chi connectivity index (χ0v) is 20.1. The highest BCUT2D eigenvalue weighted by molar-refractivity contribution is 6.10. The first-order valence-electron chi connectivity index (χ1n) is 11.3. The summed E-state index contributed by atoms with van der Waals surface area (Å²) in [5.41, 5.74) is 3.79. The molecular weight excluding hydrogens is 504 g/mol. The lowest BCUT2D eigenvalue weighted by atomic mass is 10.1. The van der Waals surface area contributed by atoms with Crippen LogP contribution >= 0.6 is 0 Å². The van der Waals surface area contributed by atoms with Gasteiger partial charge in [-0.1, -0.05) is 26.0 Å². The second-order valence-corrected chi connectivity index (χ2v) is 8.76. The number of aromatic nitrogens is 3. The number of hydrogen-bond donors (Lipinski definition) is 2. The number of hydrogen-bond acceptors (Lipinski definition) is 5. The fourth-order valence-electron chi connectivity index (χ4n) is 3.97. The third kappa shape index (κ3) is 5.17. The molecule has 2 aromatic carbocycles. The Morgan fingerprint density at radius 2 is 1.82 bits per heavy atom. The van der Waals surface area contributed by atoms with Gasteiger partial charge < -0.3 is 11.1 Å². The summed E-state index contributed by atoms with van der Waals surface area (Å²) in [7, 11) is 0. The van der Waals surface area contributed by atoms with Crippen molar-refractivity contribution in [1.82, 2.24) is 14.8 Å². The maximum atomic E-state index is 14.3. The fourth-order valence-corrected chi connectivity index (χ4v) is 3.97. The van der Waals surface area contributed by atoms with Crippen LogP contribution in [0.25, 0.3) is 10.9 Å². The molecule has 0 fully saturated rings. The first kappa shape index (κ1) is 26.3. The van der Waals surface area contributed by atoms with Gasteiger partial charge in [0.05, 0.1) is 40.6 Å². The summed E-state index contributed by atoms with van der Waals surface area (Å²) in [5, 5.41) is 15.5. The van der Waals surface area contributed by atoms with Crippen molar-refractivity contribution in [2.45, 2.75) is 32.5 Å². The summed E-state index contributed by atoms with van der Waals surface area (Å²) in [6.45, 7) is 2.95. The highest BCUT2D eigenvalue weighted by Gasteiger charge is 2.41. The van der Waals surface area contributed by atoms with Crippen molar-refractivity contribution in [3.8, 4) is 6.07 Å². The van der Waals surface area contributed by atoms with Gasteiger partial charge in [0.15, 0.2) is 5.69 Å². The summed E-state index contributed by atoms with van der Waals surface area (Å²) in [4.78, 5) is 29.2. The van der Waals surface area contributed by atoms with Crippen molar-refractivity contribution >= 4 is 28.4 Å². The maximum Gasteiger partial charge on any atom is 0.435 e. The highest BCUT2D eigenvalue weighted by atomic mass is 19.4. The van der Waals surface area contributed by atoms with Gasteiger partial charge in [-0.05, 0) is 41.8 Å². The Hall–Kier alpha value is -4.79. The predicted molar refractivity (Wildman–Crippen MR) is 130 cm³/mol. The third-order valence-corrected chi connectivity index (χ3v) is 5.72. The van der Waals surface area contributed by atoms with E-state index < -0.39 is 46.8 Å². The molecule has 38 heavy (non-hydrogen) atoms. The average molecular weight is 524 g/mol. The van der Waals surface area contributed by atoms with Gasteiger partial charge in [0, 0.05) is 11.5 Å². The Bertz CT molecular complexity index is 1600. The van der Waals surface area contributed by atoms with Gasteiger partial charge in [0.1, 0.15) is 11.5 Å². The predicted octanol–water partition coefficient (Wildman–Crippen LogP) is 4.98. The zero-order valence-electron chi connectivity index (χ0n) is 20.1. The smallest absolute Gasteiger partial charge is 0.366 e. The van der Waals surface area contributed by atoms with Crippen molar-refractivity contribution in [2.24, 2.45) is 5.73 Å². The number of nitrogens with two attached hydrogens (primary N) is 1. The number of fused-ring (bicyclic) bond motifs is 1. The van der Waals surface area contributed by atoms with Crippen LogP contribution in [0.4, 0.5) is 23.2 Å². The number of nitrogens with one attached hydrogen (secondary N) is 1. The Balaban J connectivity index is 1.81. The molecule has 0 aliphatic heterocycles. The summed E-state index contributed by atoms with van der Waals surface area (Å²) < 4.78 is 57.5. The summed E-state index contributed by atoms with van der Waals surface area (Å²) >= 11 is 0. The second kappa shape index (κ2) is 9.93. The van der Waals surface area contributed by atoms with Crippen molar-refractivity contribution < 1.29 is 27.2 Å². The number of benzene rings is 2. The lowest BCUT2D eigenvalue weighted by Crippen LogP contribution is -2.21. The van der Waals surface area contributed by atoms with Gasteiger partial charge in [-0.2, -0.15) is 23.5 Å². The number of pyridine rings is 1. The minimum absolute atomic E-state index is 0.0266. The molecule has 3 N–H and O–H groups in total. The van der Waals surface area contributed by atoms with Gasteiger partial charge in [0.25, 0.3) is 5.91 Å². The largest absolute Gasteiger partial charge is 0.435 e. The van der Waals surface area contributed by atoms with Crippen LogP contribution < -0.4 is 11.1 Å².